The number of nitriles is 1. The van der Waals surface area contributed by atoms with Crippen LogP contribution in [0.15, 0.2) is 6.20 Å². The van der Waals surface area contributed by atoms with Crippen molar-refractivity contribution in [1.29, 1.82) is 5.26 Å². The lowest BCUT2D eigenvalue weighted by molar-refractivity contribution is -0.123. The van der Waals surface area contributed by atoms with Gasteiger partial charge in [-0.3, -0.25) is 9.69 Å². The van der Waals surface area contributed by atoms with Crippen LogP contribution >= 0.6 is 0 Å². The Kier molecular flexibility index (Phi) is 6.20. The molecule has 1 amide bonds. The SMILES string of the molecule is N#Cc1cnc(N2CCC(CNC(=O)CN3CCOCC3)CC2)nc1N. The number of ether oxygens (including phenoxy) is 1. The minimum absolute atomic E-state index is 0.0810. The average Bonchev–Trinajstić information content (AvgIpc) is 2.67. The lowest BCUT2D eigenvalue weighted by Crippen LogP contribution is -2.45. The fourth-order valence-corrected chi connectivity index (χ4v) is 3.24. The van der Waals surface area contributed by atoms with Crippen molar-refractivity contribution in [2.24, 2.45) is 5.92 Å². The summed E-state index contributed by atoms with van der Waals surface area (Å²) < 4.78 is 5.29. The van der Waals surface area contributed by atoms with Crippen molar-refractivity contribution in [2.75, 3.05) is 63.1 Å². The number of amides is 1. The molecule has 1 aromatic heterocycles. The summed E-state index contributed by atoms with van der Waals surface area (Å²) in [5, 5.41) is 11.9. The van der Waals surface area contributed by atoms with Gasteiger partial charge in [0.2, 0.25) is 11.9 Å². The number of nitrogens with two attached hydrogens (primary N) is 1. The van der Waals surface area contributed by atoms with Crippen LogP contribution in [0.5, 0.6) is 0 Å². The molecule has 9 heteroatoms. The number of morpholine rings is 1. The van der Waals surface area contributed by atoms with Crippen molar-refractivity contribution in [2.45, 2.75) is 12.8 Å². The second-order valence-electron chi connectivity index (χ2n) is 6.70. The van der Waals surface area contributed by atoms with Gasteiger partial charge in [-0.2, -0.15) is 10.2 Å². The first kappa shape index (κ1) is 18.4. The number of piperidine rings is 1. The summed E-state index contributed by atoms with van der Waals surface area (Å²) in [4.78, 5) is 24.7. The van der Waals surface area contributed by atoms with Crippen LogP contribution in [-0.4, -0.2) is 73.3 Å². The summed E-state index contributed by atoms with van der Waals surface area (Å²) in [6.45, 7) is 5.82. The van der Waals surface area contributed by atoms with E-state index >= 15 is 0 Å². The van der Waals surface area contributed by atoms with Crippen LogP contribution in [0.25, 0.3) is 0 Å². The maximum Gasteiger partial charge on any atom is 0.234 e. The Bertz CT molecular complexity index is 662. The minimum Gasteiger partial charge on any atom is -0.382 e. The Labute approximate surface area is 153 Å². The molecule has 0 bridgehead atoms. The number of nitrogens with zero attached hydrogens (tertiary/aromatic N) is 5. The molecule has 9 nitrogen and oxygen atoms in total. The zero-order valence-electron chi connectivity index (χ0n) is 14.9. The fourth-order valence-electron chi connectivity index (χ4n) is 3.24. The third-order valence-corrected chi connectivity index (χ3v) is 4.88. The highest BCUT2D eigenvalue weighted by Gasteiger charge is 2.22. The molecule has 2 aliphatic heterocycles. The number of hydrogen-bond donors (Lipinski definition) is 2. The molecular formula is C17H25N7O2. The summed E-state index contributed by atoms with van der Waals surface area (Å²) in [5.41, 5.74) is 6.06. The van der Waals surface area contributed by atoms with Crippen LogP contribution in [0, 0.1) is 17.2 Å². The van der Waals surface area contributed by atoms with E-state index in [4.69, 9.17) is 15.7 Å². The van der Waals surface area contributed by atoms with Gasteiger partial charge in [0.25, 0.3) is 0 Å². The predicted octanol–water partition coefficient (Wildman–Crippen LogP) is -0.405. The van der Waals surface area contributed by atoms with E-state index in [-0.39, 0.29) is 11.7 Å². The van der Waals surface area contributed by atoms with Crippen molar-refractivity contribution in [1.82, 2.24) is 20.2 Å². The number of rotatable bonds is 5. The number of carbonyl (C=O) groups excluding carboxylic acids is 1. The first-order chi connectivity index (χ1) is 12.7. The summed E-state index contributed by atoms with van der Waals surface area (Å²) in [5.74, 6) is 1.32. The molecule has 0 saturated carbocycles. The Balaban J connectivity index is 1.40. The number of anilines is 2. The molecule has 3 heterocycles. The quantitative estimate of drug-likeness (QED) is 0.728. The van der Waals surface area contributed by atoms with Gasteiger partial charge in [0.05, 0.1) is 26.0 Å². The van der Waals surface area contributed by atoms with E-state index < -0.39 is 0 Å². The Morgan fingerprint density at radius 3 is 2.73 bits per heavy atom. The predicted molar refractivity (Wildman–Crippen MR) is 96.4 cm³/mol. The van der Waals surface area contributed by atoms with E-state index in [0.29, 0.717) is 43.7 Å². The number of nitrogen functional groups attached to an aromatic ring is 1. The third kappa shape index (κ3) is 4.80. The highest BCUT2D eigenvalue weighted by Crippen LogP contribution is 2.21. The maximum absolute atomic E-state index is 12.1. The maximum atomic E-state index is 12.1. The van der Waals surface area contributed by atoms with Crippen molar-refractivity contribution >= 4 is 17.7 Å². The number of carbonyl (C=O) groups is 1. The minimum atomic E-state index is 0.0810. The molecule has 1 aromatic rings. The third-order valence-electron chi connectivity index (χ3n) is 4.88. The second kappa shape index (κ2) is 8.78. The van der Waals surface area contributed by atoms with Crippen LogP contribution in [0.4, 0.5) is 11.8 Å². The van der Waals surface area contributed by atoms with Gasteiger partial charge in [0.1, 0.15) is 17.5 Å². The van der Waals surface area contributed by atoms with Gasteiger partial charge >= 0.3 is 0 Å². The van der Waals surface area contributed by atoms with Crippen LogP contribution in [0.3, 0.4) is 0 Å². The average molecular weight is 359 g/mol. The van der Waals surface area contributed by atoms with Gasteiger partial charge < -0.3 is 20.7 Å². The van der Waals surface area contributed by atoms with E-state index in [9.17, 15) is 4.79 Å². The highest BCUT2D eigenvalue weighted by molar-refractivity contribution is 5.78. The Morgan fingerprint density at radius 2 is 2.08 bits per heavy atom. The Hall–Kier alpha value is -2.44. The number of aromatic nitrogens is 2. The van der Waals surface area contributed by atoms with Gasteiger partial charge in [-0.15, -0.1) is 0 Å². The molecule has 3 rings (SSSR count). The van der Waals surface area contributed by atoms with Gasteiger partial charge in [0, 0.05) is 32.7 Å². The molecule has 2 saturated heterocycles. The molecule has 26 heavy (non-hydrogen) atoms. The molecule has 140 valence electrons. The van der Waals surface area contributed by atoms with Crippen LogP contribution < -0.4 is 16.0 Å². The molecule has 0 aromatic carbocycles. The highest BCUT2D eigenvalue weighted by atomic mass is 16.5. The van der Waals surface area contributed by atoms with E-state index in [1.54, 1.807) is 0 Å². The van der Waals surface area contributed by atoms with Gasteiger partial charge in [-0.05, 0) is 18.8 Å². The molecule has 2 fully saturated rings. The van der Waals surface area contributed by atoms with Crippen molar-refractivity contribution in [3.8, 4) is 6.07 Å². The summed E-state index contributed by atoms with van der Waals surface area (Å²) in [7, 11) is 0. The smallest absolute Gasteiger partial charge is 0.234 e. The van der Waals surface area contributed by atoms with Gasteiger partial charge in [-0.1, -0.05) is 0 Å². The largest absolute Gasteiger partial charge is 0.382 e. The summed E-state index contributed by atoms with van der Waals surface area (Å²) in [6, 6.07) is 1.97. The first-order valence-electron chi connectivity index (χ1n) is 9.00. The van der Waals surface area contributed by atoms with Crippen LogP contribution in [-0.2, 0) is 9.53 Å². The molecule has 0 spiro atoms. The number of hydrogen-bond acceptors (Lipinski definition) is 8. The monoisotopic (exact) mass is 359 g/mol. The van der Waals surface area contributed by atoms with E-state index in [2.05, 4.69) is 25.1 Å². The van der Waals surface area contributed by atoms with E-state index in [0.717, 1.165) is 39.0 Å². The molecule has 0 aliphatic carbocycles. The second-order valence-corrected chi connectivity index (χ2v) is 6.70. The lowest BCUT2D eigenvalue weighted by Gasteiger charge is -2.32. The Morgan fingerprint density at radius 1 is 1.35 bits per heavy atom. The summed E-state index contributed by atoms with van der Waals surface area (Å²) >= 11 is 0. The van der Waals surface area contributed by atoms with Gasteiger partial charge in [0.15, 0.2) is 0 Å². The van der Waals surface area contributed by atoms with Crippen molar-refractivity contribution in [3.05, 3.63) is 11.8 Å². The zero-order valence-corrected chi connectivity index (χ0v) is 14.9. The topological polar surface area (TPSA) is 120 Å². The van der Waals surface area contributed by atoms with Crippen molar-refractivity contribution in [3.63, 3.8) is 0 Å². The summed E-state index contributed by atoms with van der Waals surface area (Å²) in [6.07, 6.45) is 3.39. The van der Waals surface area contributed by atoms with Gasteiger partial charge in [-0.25, -0.2) is 4.98 Å². The fraction of sp³-hybridized carbons (Fsp3) is 0.647. The number of nitrogens with one attached hydrogen (secondary N) is 1. The molecule has 3 N–H and O–H groups in total. The van der Waals surface area contributed by atoms with E-state index in [1.165, 1.54) is 6.20 Å². The van der Waals surface area contributed by atoms with Crippen LogP contribution in [0.1, 0.15) is 18.4 Å². The van der Waals surface area contributed by atoms with Crippen LogP contribution in [0.2, 0.25) is 0 Å². The lowest BCUT2D eigenvalue weighted by atomic mass is 9.97. The van der Waals surface area contributed by atoms with E-state index in [1.807, 2.05) is 6.07 Å². The molecule has 0 radical (unpaired) electrons. The first-order valence-corrected chi connectivity index (χ1v) is 9.00. The molecule has 0 unspecified atom stereocenters. The molecular weight excluding hydrogens is 334 g/mol. The normalized spacial score (nSPS) is 19.1. The zero-order chi connectivity index (χ0) is 18.4. The van der Waals surface area contributed by atoms with Crippen molar-refractivity contribution < 1.29 is 9.53 Å². The molecule has 2 aliphatic rings. The standard InChI is InChI=1S/C17H25N7O2/c18-9-14-11-21-17(22-16(14)19)24-3-1-13(2-4-24)10-20-15(25)12-23-5-7-26-8-6-23/h11,13H,1-8,10,12H2,(H,20,25)(H2,19,21,22). The molecule has 0 atom stereocenters.